The number of hydrogen-bond donors (Lipinski definition) is 3. The fraction of sp³-hybridized carbons (Fsp3) is 0.269. The van der Waals surface area contributed by atoms with Crippen molar-refractivity contribution in [3.63, 3.8) is 0 Å². The maximum Gasteiger partial charge on any atom is 0.216 e. The van der Waals surface area contributed by atoms with E-state index in [1.807, 2.05) is 68.4 Å². The van der Waals surface area contributed by atoms with Gasteiger partial charge in [0.2, 0.25) is 10.0 Å². The molecule has 0 aliphatic carbocycles. The Bertz CT molecular complexity index is 1190. The summed E-state index contributed by atoms with van der Waals surface area (Å²) in [6.07, 6.45) is 5.26. The standard InChI is InChI=1S/C26H30N4O2S/c1-3-7-19(2)30-33(31,32)18-20-10-12-21(13-11-20)24-25(22-14-16-27-17-15-22)29-26(28-24)23-8-5-4-6-9-23/h4-6,8-17,19,26,28-30H,3,7,18H2,1-2H3. The van der Waals surface area contributed by atoms with Crippen LogP contribution in [0.3, 0.4) is 0 Å². The van der Waals surface area contributed by atoms with E-state index in [9.17, 15) is 8.42 Å². The number of rotatable bonds is 9. The highest BCUT2D eigenvalue weighted by Gasteiger charge is 2.26. The molecule has 6 nitrogen and oxygen atoms in total. The minimum atomic E-state index is -3.38. The van der Waals surface area contributed by atoms with Gasteiger partial charge in [-0.3, -0.25) is 4.98 Å². The molecule has 1 aliphatic rings. The first-order chi connectivity index (χ1) is 15.9. The van der Waals surface area contributed by atoms with Gasteiger partial charge in [-0.15, -0.1) is 0 Å². The third kappa shape index (κ3) is 5.80. The molecule has 1 aromatic heterocycles. The molecule has 2 aromatic carbocycles. The SMILES string of the molecule is CCCC(C)NS(=O)(=O)Cc1ccc(C2=C(c3ccncc3)NC(c3ccccc3)N2)cc1. The van der Waals surface area contributed by atoms with Crippen LogP contribution in [-0.4, -0.2) is 19.4 Å². The monoisotopic (exact) mass is 462 g/mol. The molecule has 2 heterocycles. The number of benzene rings is 2. The molecule has 2 unspecified atom stereocenters. The highest BCUT2D eigenvalue weighted by molar-refractivity contribution is 7.88. The number of hydrogen-bond acceptors (Lipinski definition) is 5. The molecule has 0 radical (unpaired) electrons. The fourth-order valence-electron chi connectivity index (χ4n) is 4.08. The van der Waals surface area contributed by atoms with Gasteiger partial charge in [-0.2, -0.15) is 0 Å². The molecule has 0 saturated heterocycles. The van der Waals surface area contributed by atoms with E-state index < -0.39 is 10.0 Å². The maximum atomic E-state index is 12.5. The minimum absolute atomic E-state index is 0.0318. The molecular formula is C26H30N4O2S. The van der Waals surface area contributed by atoms with Crippen molar-refractivity contribution in [3.05, 3.63) is 101 Å². The van der Waals surface area contributed by atoms with Crippen LogP contribution in [0.2, 0.25) is 0 Å². The van der Waals surface area contributed by atoms with Crippen LogP contribution in [0.25, 0.3) is 11.4 Å². The molecule has 0 fully saturated rings. The summed E-state index contributed by atoms with van der Waals surface area (Å²) in [6, 6.07) is 21.8. The van der Waals surface area contributed by atoms with Crippen LogP contribution in [-0.2, 0) is 15.8 Å². The van der Waals surface area contributed by atoms with Crippen LogP contribution in [0.1, 0.15) is 55.1 Å². The largest absolute Gasteiger partial charge is 0.359 e. The number of nitrogens with one attached hydrogen (secondary N) is 3. The average molecular weight is 463 g/mol. The van der Waals surface area contributed by atoms with Gasteiger partial charge in [-0.05, 0) is 42.2 Å². The van der Waals surface area contributed by atoms with Crippen molar-refractivity contribution < 1.29 is 8.42 Å². The molecule has 33 heavy (non-hydrogen) atoms. The van der Waals surface area contributed by atoms with Gasteiger partial charge in [0.05, 0.1) is 17.1 Å². The zero-order chi connectivity index (χ0) is 23.3. The van der Waals surface area contributed by atoms with E-state index in [0.717, 1.165) is 46.5 Å². The van der Waals surface area contributed by atoms with Gasteiger partial charge in [0.25, 0.3) is 0 Å². The Balaban J connectivity index is 1.58. The van der Waals surface area contributed by atoms with Gasteiger partial charge >= 0.3 is 0 Å². The van der Waals surface area contributed by atoms with E-state index in [-0.39, 0.29) is 18.0 Å². The summed E-state index contributed by atoms with van der Waals surface area (Å²) in [5.74, 6) is -0.0318. The van der Waals surface area contributed by atoms with Gasteiger partial charge < -0.3 is 10.6 Å². The first-order valence-corrected chi connectivity index (χ1v) is 12.9. The number of aromatic nitrogens is 1. The van der Waals surface area contributed by atoms with Crippen molar-refractivity contribution >= 4 is 21.4 Å². The summed E-state index contributed by atoms with van der Waals surface area (Å²) in [6.45, 7) is 3.95. The summed E-state index contributed by atoms with van der Waals surface area (Å²) >= 11 is 0. The fourth-order valence-corrected chi connectivity index (χ4v) is 5.53. The third-order valence-electron chi connectivity index (χ3n) is 5.63. The van der Waals surface area contributed by atoms with E-state index in [0.29, 0.717) is 0 Å². The Morgan fingerprint density at radius 3 is 2.12 bits per heavy atom. The molecule has 0 amide bonds. The second kappa shape index (κ2) is 10.2. The Kier molecular flexibility index (Phi) is 7.11. The second-order valence-corrected chi connectivity index (χ2v) is 10.1. The Labute approximate surface area is 196 Å². The first kappa shape index (κ1) is 23.0. The smallest absolute Gasteiger partial charge is 0.216 e. The van der Waals surface area contributed by atoms with Crippen molar-refractivity contribution in [2.24, 2.45) is 0 Å². The number of nitrogens with zero attached hydrogens (tertiary/aromatic N) is 1. The van der Waals surface area contributed by atoms with E-state index in [2.05, 4.69) is 32.5 Å². The second-order valence-electron chi connectivity index (χ2n) is 8.38. The maximum absolute atomic E-state index is 12.5. The first-order valence-electron chi connectivity index (χ1n) is 11.3. The molecule has 7 heteroatoms. The normalized spacial score (nSPS) is 16.8. The molecule has 4 rings (SSSR count). The highest BCUT2D eigenvalue weighted by Crippen LogP contribution is 2.32. The Morgan fingerprint density at radius 2 is 1.52 bits per heavy atom. The van der Waals surface area contributed by atoms with E-state index in [1.165, 1.54) is 0 Å². The van der Waals surface area contributed by atoms with Crippen LogP contribution >= 0.6 is 0 Å². The summed E-state index contributed by atoms with van der Waals surface area (Å²) in [5.41, 5.74) is 5.87. The number of pyridine rings is 1. The third-order valence-corrected chi connectivity index (χ3v) is 7.11. The van der Waals surface area contributed by atoms with Gasteiger partial charge in [-0.1, -0.05) is 67.9 Å². The summed E-state index contributed by atoms with van der Waals surface area (Å²) in [5, 5.41) is 7.19. The van der Waals surface area contributed by atoms with Crippen LogP contribution < -0.4 is 15.4 Å². The topological polar surface area (TPSA) is 83.1 Å². The van der Waals surface area contributed by atoms with Gasteiger partial charge in [-0.25, -0.2) is 13.1 Å². The van der Waals surface area contributed by atoms with Crippen LogP contribution in [0.15, 0.2) is 79.1 Å². The van der Waals surface area contributed by atoms with E-state index >= 15 is 0 Å². The number of sulfonamides is 1. The molecule has 172 valence electrons. The lowest BCUT2D eigenvalue weighted by molar-refractivity contribution is 0.543. The van der Waals surface area contributed by atoms with Crippen molar-refractivity contribution in [1.29, 1.82) is 0 Å². The molecule has 2 atom stereocenters. The lowest BCUT2D eigenvalue weighted by Gasteiger charge is -2.15. The molecule has 0 saturated carbocycles. The summed E-state index contributed by atoms with van der Waals surface area (Å²) in [4.78, 5) is 4.14. The van der Waals surface area contributed by atoms with Crippen LogP contribution in [0, 0.1) is 0 Å². The zero-order valence-electron chi connectivity index (χ0n) is 19.0. The van der Waals surface area contributed by atoms with Crippen molar-refractivity contribution in [3.8, 4) is 0 Å². The van der Waals surface area contributed by atoms with E-state index in [1.54, 1.807) is 12.4 Å². The predicted octanol–water partition coefficient (Wildman–Crippen LogP) is 4.41. The molecule has 0 bridgehead atoms. The lowest BCUT2D eigenvalue weighted by Crippen LogP contribution is -2.33. The average Bonchev–Trinajstić information content (AvgIpc) is 3.26. The molecule has 3 aromatic rings. The van der Waals surface area contributed by atoms with Crippen molar-refractivity contribution in [1.82, 2.24) is 20.3 Å². The van der Waals surface area contributed by atoms with Crippen molar-refractivity contribution in [2.45, 2.75) is 44.6 Å². The highest BCUT2D eigenvalue weighted by atomic mass is 32.2. The van der Waals surface area contributed by atoms with Crippen LogP contribution in [0.5, 0.6) is 0 Å². The minimum Gasteiger partial charge on any atom is -0.359 e. The molecular weight excluding hydrogens is 432 g/mol. The molecule has 0 spiro atoms. The lowest BCUT2D eigenvalue weighted by atomic mass is 10.1. The zero-order valence-corrected chi connectivity index (χ0v) is 19.8. The van der Waals surface area contributed by atoms with Gasteiger partial charge in [0.15, 0.2) is 0 Å². The molecule has 3 N–H and O–H groups in total. The summed E-state index contributed by atoms with van der Waals surface area (Å²) in [7, 11) is -3.38. The Morgan fingerprint density at radius 1 is 0.909 bits per heavy atom. The van der Waals surface area contributed by atoms with Crippen LogP contribution in [0.4, 0.5) is 0 Å². The predicted molar refractivity (Wildman–Crippen MR) is 133 cm³/mol. The van der Waals surface area contributed by atoms with Crippen molar-refractivity contribution in [2.75, 3.05) is 0 Å². The summed E-state index contributed by atoms with van der Waals surface area (Å²) < 4.78 is 27.8. The Hall–Kier alpha value is -3.16. The van der Waals surface area contributed by atoms with Gasteiger partial charge in [0, 0.05) is 24.0 Å². The molecule has 1 aliphatic heterocycles. The van der Waals surface area contributed by atoms with E-state index in [4.69, 9.17) is 0 Å². The van der Waals surface area contributed by atoms with Gasteiger partial charge in [0.1, 0.15) is 6.17 Å². The quantitative estimate of drug-likeness (QED) is 0.439.